The SMILES string of the molecule is CC1CC(=O)NC(SCC(=O)N2CCN(c3ccccn3)CC2)=N1. The number of amides is 2. The Bertz CT molecular complexity index is 629. The number of rotatable bonds is 3. The quantitative estimate of drug-likeness (QED) is 0.872. The van der Waals surface area contributed by atoms with Crippen molar-refractivity contribution in [1.29, 1.82) is 0 Å². The molecule has 2 aliphatic rings. The first-order valence-electron chi connectivity index (χ1n) is 8.06. The fourth-order valence-corrected chi connectivity index (χ4v) is 3.62. The Balaban J connectivity index is 1.46. The summed E-state index contributed by atoms with van der Waals surface area (Å²) in [5.74, 6) is 1.30. The van der Waals surface area contributed by atoms with Crippen molar-refractivity contribution in [3.63, 3.8) is 0 Å². The lowest BCUT2D eigenvalue weighted by atomic mass is 10.2. The van der Waals surface area contributed by atoms with E-state index in [-0.39, 0.29) is 17.9 Å². The maximum atomic E-state index is 12.4. The zero-order valence-corrected chi connectivity index (χ0v) is 14.5. The van der Waals surface area contributed by atoms with Crippen molar-refractivity contribution in [2.75, 3.05) is 36.8 Å². The second-order valence-electron chi connectivity index (χ2n) is 5.88. The molecule has 7 nitrogen and oxygen atoms in total. The molecule has 3 rings (SSSR count). The number of anilines is 1. The summed E-state index contributed by atoms with van der Waals surface area (Å²) in [5.41, 5.74) is 0. The van der Waals surface area contributed by atoms with Gasteiger partial charge in [0.25, 0.3) is 0 Å². The zero-order chi connectivity index (χ0) is 16.9. The lowest BCUT2D eigenvalue weighted by Gasteiger charge is -2.35. The largest absolute Gasteiger partial charge is 0.353 e. The molecule has 1 saturated heterocycles. The van der Waals surface area contributed by atoms with Gasteiger partial charge in [-0.3, -0.25) is 14.6 Å². The van der Waals surface area contributed by atoms with Crippen LogP contribution in [0.3, 0.4) is 0 Å². The fraction of sp³-hybridized carbons (Fsp3) is 0.500. The summed E-state index contributed by atoms with van der Waals surface area (Å²) < 4.78 is 0. The molecule has 2 amide bonds. The normalized spacial score (nSPS) is 21.3. The molecule has 0 aliphatic carbocycles. The van der Waals surface area contributed by atoms with Crippen LogP contribution in [0.1, 0.15) is 13.3 Å². The number of aromatic nitrogens is 1. The van der Waals surface area contributed by atoms with Gasteiger partial charge in [0, 0.05) is 38.8 Å². The van der Waals surface area contributed by atoms with Crippen LogP contribution in [0.2, 0.25) is 0 Å². The molecule has 2 aliphatic heterocycles. The highest BCUT2D eigenvalue weighted by molar-refractivity contribution is 8.14. The number of carbonyl (C=O) groups excluding carboxylic acids is 2. The molecule has 0 saturated carbocycles. The summed E-state index contributed by atoms with van der Waals surface area (Å²) >= 11 is 1.30. The number of piperazine rings is 1. The van der Waals surface area contributed by atoms with Crippen LogP contribution in [0.25, 0.3) is 0 Å². The van der Waals surface area contributed by atoms with Gasteiger partial charge < -0.3 is 15.1 Å². The number of hydrogen-bond donors (Lipinski definition) is 1. The third kappa shape index (κ3) is 4.25. The zero-order valence-electron chi connectivity index (χ0n) is 13.6. The van der Waals surface area contributed by atoms with Crippen LogP contribution in [0.4, 0.5) is 5.82 Å². The van der Waals surface area contributed by atoms with Gasteiger partial charge in [-0.2, -0.15) is 0 Å². The molecule has 3 heterocycles. The Morgan fingerprint density at radius 2 is 2.12 bits per heavy atom. The van der Waals surface area contributed by atoms with E-state index in [1.165, 1.54) is 11.8 Å². The predicted molar refractivity (Wildman–Crippen MR) is 95.1 cm³/mol. The molecule has 1 aromatic heterocycles. The summed E-state index contributed by atoms with van der Waals surface area (Å²) in [4.78, 5) is 36.6. The molecule has 0 aromatic carbocycles. The molecular weight excluding hydrogens is 326 g/mol. The molecular formula is C16H21N5O2S. The second-order valence-corrected chi connectivity index (χ2v) is 6.84. The van der Waals surface area contributed by atoms with E-state index in [4.69, 9.17) is 0 Å². The third-order valence-electron chi connectivity index (χ3n) is 4.00. The lowest BCUT2D eigenvalue weighted by molar-refractivity contribution is -0.128. The van der Waals surface area contributed by atoms with E-state index >= 15 is 0 Å². The summed E-state index contributed by atoms with van der Waals surface area (Å²) in [6.45, 7) is 4.83. The highest BCUT2D eigenvalue weighted by Crippen LogP contribution is 2.15. The molecule has 0 spiro atoms. The van der Waals surface area contributed by atoms with Crippen LogP contribution in [0.15, 0.2) is 29.4 Å². The molecule has 1 aromatic rings. The van der Waals surface area contributed by atoms with Crippen molar-refractivity contribution < 1.29 is 9.59 Å². The predicted octanol–water partition coefficient (Wildman–Crippen LogP) is 0.728. The number of aliphatic imine (C=N–C) groups is 1. The van der Waals surface area contributed by atoms with Crippen molar-refractivity contribution in [3.05, 3.63) is 24.4 Å². The van der Waals surface area contributed by atoms with E-state index in [9.17, 15) is 9.59 Å². The van der Waals surface area contributed by atoms with Crippen molar-refractivity contribution in [1.82, 2.24) is 15.2 Å². The topological polar surface area (TPSA) is 77.9 Å². The number of amidine groups is 1. The smallest absolute Gasteiger partial charge is 0.233 e. The van der Waals surface area contributed by atoms with Gasteiger partial charge in [0.05, 0.1) is 11.8 Å². The number of thioether (sulfide) groups is 1. The first-order chi connectivity index (χ1) is 11.6. The molecule has 1 N–H and O–H groups in total. The summed E-state index contributed by atoms with van der Waals surface area (Å²) in [5, 5.41) is 3.28. The van der Waals surface area contributed by atoms with Crippen LogP contribution < -0.4 is 10.2 Å². The molecule has 1 fully saturated rings. The Labute approximate surface area is 145 Å². The van der Waals surface area contributed by atoms with Crippen molar-refractivity contribution in [2.24, 2.45) is 4.99 Å². The highest BCUT2D eigenvalue weighted by Gasteiger charge is 2.23. The van der Waals surface area contributed by atoms with E-state index in [1.54, 1.807) is 6.20 Å². The van der Waals surface area contributed by atoms with E-state index in [1.807, 2.05) is 30.0 Å². The van der Waals surface area contributed by atoms with E-state index in [0.717, 1.165) is 18.9 Å². The molecule has 0 radical (unpaired) electrons. The van der Waals surface area contributed by atoms with Crippen molar-refractivity contribution >= 4 is 34.6 Å². The Kier molecular flexibility index (Phi) is 5.34. The van der Waals surface area contributed by atoms with Gasteiger partial charge in [-0.15, -0.1) is 0 Å². The fourth-order valence-electron chi connectivity index (χ4n) is 2.74. The minimum atomic E-state index is -0.0311. The second kappa shape index (κ2) is 7.65. The average Bonchev–Trinajstić information content (AvgIpc) is 2.60. The van der Waals surface area contributed by atoms with Gasteiger partial charge in [-0.25, -0.2) is 4.98 Å². The number of nitrogens with one attached hydrogen (secondary N) is 1. The van der Waals surface area contributed by atoms with Gasteiger partial charge >= 0.3 is 0 Å². The first-order valence-corrected chi connectivity index (χ1v) is 9.04. The van der Waals surface area contributed by atoms with E-state index < -0.39 is 0 Å². The lowest BCUT2D eigenvalue weighted by Crippen LogP contribution is -2.49. The summed E-state index contributed by atoms with van der Waals surface area (Å²) in [6, 6.07) is 5.83. The van der Waals surface area contributed by atoms with Crippen LogP contribution in [0.5, 0.6) is 0 Å². The number of pyridine rings is 1. The monoisotopic (exact) mass is 347 g/mol. The molecule has 0 bridgehead atoms. The van der Waals surface area contributed by atoms with Gasteiger partial charge in [-0.1, -0.05) is 17.8 Å². The number of nitrogens with zero attached hydrogens (tertiary/aromatic N) is 4. The van der Waals surface area contributed by atoms with Crippen LogP contribution >= 0.6 is 11.8 Å². The van der Waals surface area contributed by atoms with Crippen molar-refractivity contribution in [3.8, 4) is 0 Å². The van der Waals surface area contributed by atoms with E-state index in [2.05, 4.69) is 20.2 Å². The van der Waals surface area contributed by atoms with Gasteiger partial charge in [-0.05, 0) is 19.1 Å². The minimum absolute atomic E-state index is 0.0155. The minimum Gasteiger partial charge on any atom is -0.353 e. The summed E-state index contributed by atoms with van der Waals surface area (Å²) in [6.07, 6.45) is 2.19. The third-order valence-corrected chi connectivity index (χ3v) is 4.88. The van der Waals surface area contributed by atoms with Gasteiger partial charge in [0.15, 0.2) is 5.17 Å². The Morgan fingerprint density at radius 3 is 2.79 bits per heavy atom. The highest BCUT2D eigenvalue weighted by atomic mass is 32.2. The molecule has 128 valence electrons. The molecule has 1 atom stereocenters. The standard InChI is InChI=1S/C16H21N5O2S/c1-12-10-14(22)19-16(18-12)24-11-15(23)21-8-6-20(7-9-21)13-4-2-3-5-17-13/h2-5,12H,6-11H2,1H3,(H,18,19,22). The first kappa shape index (κ1) is 16.8. The maximum absolute atomic E-state index is 12.4. The van der Waals surface area contributed by atoms with Crippen LogP contribution in [-0.2, 0) is 9.59 Å². The summed E-state index contributed by atoms with van der Waals surface area (Å²) in [7, 11) is 0. The Hall–Kier alpha value is -2.09. The van der Waals surface area contributed by atoms with Gasteiger partial charge in [0.2, 0.25) is 11.8 Å². The molecule has 8 heteroatoms. The molecule has 24 heavy (non-hydrogen) atoms. The number of carbonyl (C=O) groups is 2. The molecule has 1 unspecified atom stereocenters. The van der Waals surface area contributed by atoms with Crippen molar-refractivity contribution in [2.45, 2.75) is 19.4 Å². The average molecular weight is 347 g/mol. The maximum Gasteiger partial charge on any atom is 0.233 e. The Morgan fingerprint density at radius 1 is 1.33 bits per heavy atom. The van der Waals surface area contributed by atoms with E-state index in [0.29, 0.717) is 30.4 Å². The number of hydrogen-bond acceptors (Lipinski definition) is 6. The van der Waals surface area contributed by atoms with Gasteiger partial charge in [0.1, 0.15) is 5.82 Å². The van der Waals surface area contributed by atoms with Crippen LogP contribution in [-0.4, -0.2) is 64.8 Å². The van der Waals surface area contributed by atoms with Crippen LogP contribution in [0, 0.1) is 0 Å².